The van der Waals surface area contributed by atoms with Crippen molar-refractivity contribution in [2.24, 2.45) is 5.73 Å². The second-order valence-electron chi connectivity index (χ2n) is 12.8. The van der Waals surface area contributed by atoms with Gasteiger partial charge in [0.1, 0.15) is 5.54 Å². The average Bonchev–Trinajstić information content (AvgIpc) is 3.11. The molecule has 1 fully saturated rings. The predicted molar refractivity (Wildman–Crippen MR) is 196 cm³/mol. The first kappa shape index (κ1) is 43.9. The molecule has 0 aliphatic heterocycles. The van der Waals surface area contributed by atoms with E-state index in [0.717, 1.165) is 23.1 Å². The molecule has 0 spiro atoms. The van der Waals surface area contributed by atoms with Gasteiger partial charge < -0.3 is 32.1 Å². The SMILES string of the molecule is CCC.C[C@H](Cc1ccccc1)NC(=O)CNC(=O)c1ccc(-c2ccccc2)cc1.NC(=O)CC[C@H](NC(=O)C1(NC=O)CCC1)C(O)C(F)(F)F. The number of carbonyl (C=O) groups is 5. The number of amides is 5. The summed E-state index contributed by atoms with van der Waals surface area (Å²) < 4.78 is 37.9. The zero-order valence-corrected chi connectivity index (χ0v) is 30.2. The maximum absolute atomic E-state index is 12.6. The van der Waals surface area contributed by atoms with Crippen LogP contribution in [0, 0.1) is 0 Å². The Morgan fingerprint density at radius 3 is 1.92 bits per heavy atom. The van der Waals surface area contributed by atoms with Crippen molar-refractivity contribution >= 4 is 30.0 Å². The van der Waals surface area contributed by atoms with Gasteiger partial charge in [0.05, 0.1) is 12.6 Å². The maximum atomic E-state index is 12.6. The number of benzene rings is 3. The maximum Gasteiger partial charge on any atom is 0.416 e. The van der Waals surface area contributed by atoms with Crippen molar-refractivity contribution in [3.05, 3.63) is 96.1 Å². The number of alkyl halides is 3. The number of hydrogen-bond acceptors (Lipinski definition) is 6. The molecule has 3 atom stereocenters. The van der Waals surface area contributed by atoms with Gasteiger partial charge in [-0.25, -0.2) is 0 Å². The fourth-order valence-electron chi connectivity index (χ4n) is 5.27. The molecule has 0 bridgehead atoms. The third-order valence-electron chi connectivity index (χ3n) is 8.17. The van der Waals surface area contributed by atoms with Crippen molar-refractivity contribution in [1.29, 1.82) is 0 Å². The van der Waals surface area contributed by atoms with Crippen molar-refractivity contribution in [3.63, 3.8) is 0 Å². The highest BCUT2D eigenvalue weighted by Gasteiger charge is 2.48. The smallest absolute Gasteiger partial charge is 0.382 e. The van der Waals surface area contributed by atoms with Crippen molar-refractivity contribution in [1.82, 2.24) is 21.3 Å². The van der Waals surface area contributed by atoms with E-state index >= 15 is 0 Å². The summed E-state index contributed by atoms with van der Waals surface area (Å²) in [7, 11) is 0. The number of nitrogens with one attached hydrogen (secondary N) is 4. The van der Waals surface area contributed by atoms with Crippen LogP contribution in [-0.2, 0) is 25.6 Å². The van der Waals surface area contributed by atoms with E-state index in [9.17, 15) is 42.3 Å². The summed E-state index contributed by atoms with van der Waals surface area (Å²) in [6.07, 6.45) is -5.14. The molecule has 0 radical (unpaired) electrons. The van der Waals surface area contributed by atoms with Gasteiger partial charge in [0.25, 0.3) is 5.91 Å². The number of rotatable bonds is 15. The van der Waals surface area contributed by atoms with Gasteiger partial charge in [0.15, 0.2) is 6.10 Å². The molecule has 5 amide bonds. The molecule has 1 unspecified atom stereocenters. The molecule has 53 heavy (non-hydrogen) atoms. The second-order valence-corrected chi connectivity index (χ2v) is 12.8. The number of halogens is 3. The third kappa shape index (κ3) is 15.1. The molecular weight excluding hydrogens is 691 g/mol. The Balaban J connectivity index is 0.000000351. The Labute approximate surface area is 308 Å². The summed E-state index contributed by atoms with van der Waals surface area (Å²) in [6, 6.07) is 25.6. The quantitative estimate of drug-likeness (QED) is 0.124. The van der Waals surface area contributed by atoms with Gasteiger partial charge in [0.2, 0.25) is 24.1 Å². The van der Waals surface area contributed by atoms with Crippen molar-refractivity contribution < 1.29 is 42.3 Å². The molecule has 3 aromatic carbocycles. The molecule has 1 aliphatic rings. The minimum absolute atomic E-state index is 0.00282. The Bertz CT molecular complexity index is 1590. The van der Waals surface area contributed by atoms with Gasteiger partial charge in [-0.15, -0.1) is 0 Å². The Hall–Kier alpha value is -5.24. The minimum atomic E-state index is -4.96. The molecule has 288 valence electrons. The van der Waals surface area contributed by atoms with Gasteiger partial charge in [-0.05, 0) is 67.9 Å². The van der Waals surface area contributed by atoms with Crippen LogP contribution in [-0.4, -0.2) is 71.6 Å². The van der Waals surface area contributed by atoms with Gasteiger partial charge >= 0.3 is 6.18 Å². The fraction of sp³-hybridized carbons (Fsp3) is 0.410. The lowest BCUT2D eigenvalue weighted by atomic mass is 9.76. The number of hydrogen-bond donors (Lipinski definition) is 6. The lowest BCUT2D eigenvalue weighted by molar-refractivity contribution is -0.213. The van der Waals surface area contributed by atoms with E-state index in [2.05, 4.69) is 35.1 Å². The minimum Gasteiger partial charge on any atom is -0.382 e. The van der Waals surface area contributed by atoms with E-state index in [1.807, 2.05) is 79.7 Å². The van der Waals surface area contributed by atoms with Crippen LogP contribution >= 0.6 is 0 Å². The lowest BCUT2D eigenvalue weighted by Crippen LogP contribution is -2.64. The molecule has 0 saturated heterocycles. The van der Waals surface area contributed by atoms with Crippen molar-refractivity contribution in [2.75, 3.05) is 6.54 Å². The largest absolute Gasteiger partial charge is 0.416 e. The first-order valence-corrected chi connectivity index (χ1v) is 17.5. The van der Waals surface area contributed by atoms with Crippen LogP contribution in [0.4, 0.5) is 13.2 Å². The summed E-state index contributed by atoms with van der Waals surface area (Å²) in [5.74, 6) is -2.12. The van der Waals surface area contributed by atoms with Crippen LogP contribution < -0.4 is 27.0 Å². The Kier molecular flexibility index (Phi) is 18.2. The van der Waals surface area contributed by atoms with Crippen molar-refractivity contribution in [2.45, 2.75) is 95.6 Å². The highest BCUT2D eigenvalue weighted by atomic mass is 19.4. The molecule has 7 N–H and O–H groups in total. The van der Waals surface area contributed by atoms with Crippen LogP contribution in [0.25, 0.3) is 11.1 Å². The standard InChI is InChI=1S/C24H24N2O2.C12H18F3N3O4.C3H8/c1-18(16-19-8-4-2-5-9-19)26-23(27)17-25-24(28)22-14-12-21(13-15-22)20-10-6-3-7-11-20;13-12(14,15)9(21)7(2-3-8(16)20)18-10(22)11(17-6-19)4-1-5-11;1-3-2/h2-15,18H,16-17H2,1H3,(H,25,28)(H,26,27);6-7,9,21H,1-5H2,(H2,16,20)(H,17,19)(H,18,22);3H2,1-2H3/t18-;7-,9?;/m10./s1. The lowest BCUT2D eigenvalue weighted by Gasteiger charge is -2.41. The molecule has 4 rings (SSSR count). The Morgan fingerprint density at radius 2 is 1.43 bits per heavy atom. The number of aliphatic hydroxyl groups is 1. The topological polar surface area (TPSA) is 180 Å². The normalized spacial score (nSPS) is 14.5. The van der Waals surface area contributed by atoms with E-state index in [4.69, 9.17) is 5.73 Å². The summed E-state index contributed by atoms with van der Waals surface area (Å²) >= 11 is 0. The number of aliphatic hydroxyl groups excluding tert-OH is 1. The summed E-state index contributed by atoms with van der Waals surface area (Å²) in [5.41, 5.74) is 7.47. The van der Waals surface area contributed by atoms with E-state index in [1.54, 1.807) is 12.1 Å². The average molecular weight is 742 g/mol. The molecule has 1 aliphatic carbocycles. The first-order chi connectivity index (χ1) is 25.1. The van der Waals surface area contributed by atoms with Gasteiger partial charge in [-0.1, -0.05) is 93.1 Å². The molecule has 11 nitrogen and oxygen atoms in total. The van der Waals surface area contributed by atoms with E-state index in [-0.39, 0.29) is 24.4 Å². The zero-order chi connectivity index (χ0) is 39.4. The summed E-state index contributed by atoms with van der Waals surface area (Å²) in [4.78, 5) is 57.7. The predicted octanol–water partition coefficient (Wildman–Crippen LogP) is 4.58. The highest BCUT2D eigenvalue weighted by Crippen LogP contribution is 2.32. The zero-order valence-electron chi connectivity index (χ0n) is 30.2. The molecule has 3 aromatic rings. The monoisotopic (exact) mass is 741 g/mol. The van der Waals surface area contributed by atoms with Crippen LogP contribution in [0.5, 0.6) is 0 Å². The molecule has 0 heterocycles. The van der Waals surface area contributed by atoms with E-state index < -0.39 is 48.5 Å². The van der Waals surface area contributed by atoms with Crippen LogP contribution in [0.3, 0.4) is 0 Å². The molecule has 14 heteroatoms. The number of primary amides is 1. The van der Waals surface area contributed by atoms with Gasteiger partial charge in [0, 0.05) is 18.0 Å². The van der Waals surface area contributed by atoms with Gasteiger partial charge in [-0.2, -0.15) is 13.2 Å². The van der Waals surface area contributed by atoms with Gasteiger partial charge in [-0.3, -0.25) is 24.0 Å². The van der Waals surface area contributed by atoms with Crippen LogP contribution in [0.2, 0.25) is 0 Å². The van der Waals surface area contributed by atoms with Crippen LogP contribution in [0.15, 0.2) is 84.9 Å². The molecule has 0 aromatic heterocycles. The molecular formula is C39H50F3N5O6. The van der Waals surface area contributed by atoms with Crippen molar-refractivity contribution in [3.8, 4) is 11.1 Å². The fourth-order valence-corrected chi connectivity index (χ4v) is 5.27. The number of carbonyl (C=O) groups excluding carboxylic acids is 5. The first-order valence-electron chi connectivity index (χ1n) is 17.5. The summed E-state index contributed by atoms with van der Waals surface area (Å²) in [5, 5.41) is 19.3. The number of nitrogens with two attached hydrogens (primary N) is 1. The summed E-state index contributed by atoms with van der Waals surface area (Å²) in [6.45, 7) is 6.16. The van der Waals surface area contributed by atoms with Crippen LogP contribution in [0.1, 0.15) is 75.2 Å². The van der Waals surface area contributed by atoms with E-state index in [1.165, 1.54) is 6.42 Å². The third-order valence-corrected chi connectivity index (χ3v) is 8.17. The second kappa shape index (κ2) is 22.0. The van der Waals surface area contributed by atoms with E-state index in [0.29, 0.717) is 31.2 Å². The molecule has 1 saturated carbocycles. The highest BCUT2D eigenvalue weighted by molar-refractivity contribution is 5.97. The Morgan fingerprint density at radius 1 is 0.887 bits per heavy atom.